The van der Waals surface area contributed by atoms with E-state index in [2.05, 4.69) is 16.2 Å². The van der Waals surface area contributed by atoms with Crippen molar-refractivity contribution in [2.24, 2.45) is 0 Å². The molecule has 0 radical (unpaired) electrons. The van der Waals surface area contributed by atoms with Crippen LogP contribution in [-0.2, 0) is 23.9 Å². The van der Waals surface area contributed by atoms with E-state index in [1.807, 2.05) is 36.4 Å². The van der Waals surface area contributed by atoms with Crippen molar-refractivity contribution in [1.82, 2.24) is 16.2 Å². The lowest BCUT2D eigenvalue weighted by Crippen LogP contribution is -2.51. The third-order valence-electron chi connectivity index (χ3n) is 4.06. The van der Waals surface area contributed by atoms with E-state index in [4.69, 9.17) is 26.4 Å². The molecule has 2 aromatic rings. The fraction of sp³-hybridized carbons (Fsp3) is 0.333. The number of hydrogen-bond donors (Lipinski definition) is 3. The predicted molar refractivity (Wildman–Crippen MR) is 118 cm³/mol. The van der Waals surface area contributed by atoms with Crippen LogP contribution in [0, 0.1) is 0 Å². The minimum absolute atomic E-state index is 0.0961. The molecule has 166 valence electrons. The average Bonchev–Trinajstić information content (AvgIpc) is 2.76. The van der Waals surface area contributed by atoms with Gasteiger partial charge in [-0.15, -0.1) is 0 Å². The lowest BCUT2D eigenvalue weighted by molar-refractivity contribution is -0.146. The molecule has 9 nitrogen and oxygen atoms in total. The van der Waals surface area contributed by atoms with Gasteiger partial charge in [-0.25, -0.2) is 0 Å². The molecule has 2 rings (SSSR count). The Bertz CT molecular complexity index is 936. The number of rotatable bonds is 9. The van der Waals surface area contributed by atoms with Gasteiger partial charge in [-0.1, -0.05) is 30.3 Å². The van der Waals surface area contributed by atoms with E-state index in [9.17, 15) is 14.4 Å². The number of carbonyl (C=O) groups is 3. The zero-order valence-corrected chi connectivity index (χ0v) is 18.1. The number of hydrazine groups is 1. The van der Waals surface area contributed by atoms with Crippen LogP contribution in [-0.4, -0.2) is 49.3 Å². The third-order valence-corrected chi connectivity index (χ3v) is 4.27. The molecule has 0 aliphatic heterocycles. The molecule has 1 atom stereocenters. The number of methoxy groups -OCH3 is 1. The van der Waals surface area contributed by atoms with Crippen LogP contribution in [0.5, 0.6) is 5.75 Å². The normalized spacial score (nSPS) is 11.3. The Balaban J connectivity index is 1.69. The molecule has 0 unspecified atom stereocenters. The first-order chi connectivity index (χ1) is 14.9. The number of amides is 2. The Morgan fingerprint density at radius 1 is 1.00 bits per heavy atom. The first kappa shape index (κ1) is 24.0. The van der Waals surface area contributed by atoms with Crippen LogP contribution >= 0.6 is 12.2 Å². The molecule has 0 aliphatic rings. The molecule has 2 amide bonds. The van der Waals surface area contributed by atoms with E-state index in [0.29, 0.717) is 5.75 Å². The zero-order valence-electron chi connectivity index (χ0n) is 17.3. The Morgan fingerprint density at radius 3 is 2.48 bits per heavy atom. The molecular weight excluding hydrogens is 422 g/mol. The van der Waals surface area contributed by atoms with Crippen molar-refractivity contribution in [1.29, 1.82) is 0 Å². The Labute approximate surface area is 185 Å². The lowest BCUT2D eigenvalue weighted by Gasteiger charge is -2.16. The Kier molecular flexibility index (Phi) is 9.66. The van der Waals surface area contributed by atoms with Crippen molar-refractivity contribution in [2.45, 2.75) is 25.9 Å². The fourth-order valence-electron chi connectivity index (χ4n) is 2.47. The van der Waals surface area contributed by atoms with Gasteiger partial charge in [-0.05, 0) is 42.0 Å². The lowest BCUT2D eigenvalue weighted by atomic mass is 10.1. The smallest absolute Gasteiger partial charge is 0.306 e. The maximum atomic E-state index is 12.2. The van der Waals surface area contributed by atoms with Crippen LogP contribution in [0.15, 0.2) is 42.5 Å². The van der Waals surface area contributed by atoms with Crippen molar-refractivity contribution in [3.8, 4) is 5.75 Å². The molecule has 0 saturated heterocycles. The highest BCUT2D eigenvalue weighted by Crippen LogP contribution is 2.21. The van der Waals surface area contributed by atoms with Gasteiger partial charge < -0.3 is 19.5 Å². The molecule has 3 N–H and O–H groups in total. The minimum Gasteiger partial charge on any atom is -0.481 e. The molecular formula is C21H25N3O6S. The van der Waals surface area contributed by atoms with E-state index in [0.717, 1.165) is 10.8 Å². The van der Waals surface area contributed by atoms with Crippen molar-refractivity contribution in [3.63, 3.8) is 0 Å². The minimum atomic E-state index is -0.811. The highest BCUT2D eigenvalue weighted by Gasteiger charge is 2.16. The number of thiocarbonyl (C=S) groups is 1. The van der Waals surface area contributed by atoms with Crippen LogP contribution in [0.4, 0.5) is 0 Å². The molecule has 0 aliphatic carbocycles. The van der Waals surface area contributed by atoms with E-state index < -0.39 is 23.9 Å². The van der Waals surface area contributed by atoms with Crippen molar-refractivity contribution in [3.05, 3.63) is 42.5 Å². The molecule has 0 spiro atoms. The number of carbonyl (C=O) groups excluding carboxylic acids is 3. The summed E-state index contributed by atoms with van der Waals surface area (Å²) in [6.45, 7) is 2.00. The van der Waals surface area contributed by atoms with Crippen molar-refractivity contribution >= 4 is 45.9 Å². The molecule has 0 saturated carbocycles. The molecule has 0 bridgehead atoms. The molecule has 31 heavy (non-hydrogen) atoms. The van der Waals surface area contributed by atoms with Gasteiger partial charge >= 0.3 is 5.97 Å². The van der Waals surface area contributed by atoms with Gasteiger partial charge in [0.15, 0.2) is 11.2 Å². The SMILES string of the molecule is COCCOC(=O)CCC(=O)NC(=S)NNC(=O)[C@H](C)Oc1ccc2ccccc2c1. The maximum Gasteiger partial charge on any atom is 0.306 e. The first-order valence-electron chi connectivity index (χ1n) is 9.58. The van der Waals surface area contributed by atoms with Gasteiger partial charge in [-0.2, -0.15) is 0 Å². The molecule has 0 heterocycles. The number of fused-ring (bicyclic) bond motifs is 1. The second-order valence-corrected chi connectivity index (χ2v) is 6.88. The van der Waals surface area contributed by atoms with Gasteiger partial charge in [-0.3, -0.25) is 25.2 Å². The summed E-state index contributed by atoms with van der Waals surface area (Å²) in [5.41, 5.74) is 4.80. The summed E-state index contributed by atoms with van der Waals surface area (Å²) in [6, 6.07) is 13.3. The number of nitrogens with one attached hydrogen (secondary N) is 3. The van der Waals surface area contributed by atoms with Gasteiger partial charge in [0, 0.05) is 13.5 Å². The summed E-state index contributed by atoms with van der Waals surface area (Å²) in [4.78, 5) is 35.4. The van der Waals surface area contributed by atoms with Crippen molar-refractivity contribution < 1.29 is 28.6 Å². The quantitative estimate of drug-likeness (QED) is 0.230. The van der Waals surface area contributed by atoms with E-state index >= 15 is 0 Å². The van der Waals surface area contributed by atoms with E-state index in [1.165, 1.54) is 7.11 Å². The Hall–Kier alpha value is -3.24. The van der Waals surface area contributed by atoms with Crippen LogP contribution in [0.1, 0.15) is 19.8 Å². The van der Waals surface area contributed by atoms with Gasteiger partial charge in [0.2, 0.25) is 5.91 Å². The van der Waals surface area contributed by atoms with E-state index in [-0.39, 0.29) is 31.2 Å². The summed E-state index contributed by atoms with van der Waals surface area (Å²) in [5.74, 6) is -0.934. The number of benzene rings is 2. The standard InChI is InChI=1S/C21H25N3O6S/c1-14(30-17-8-7-15-5-3-4-6-16(15)13-17)20(27)23-24-21(31)22-18(25)9-10-19(26)29-12-11-28-2/h3-8,13-14H,9-12H2,1-2H3,(H,23,27)(H2,22,24,25,31)/t14-/m0/s1. The highest BCUT2D eigenvalue weighted by atomic mass is 32.1. The summed E-state index contributed by atoms with van der Waals surface area (Å²) >= 11 is 4.95. The van der Waals surface area contributed by atoms with Gasteiger partial charge in [0.1, 0.15) is 12.4 Å². The van der Waals surface area contributed by atoms with Crippen LogP contribution in [0.25, 0.3) is 10.8 Å². The summed E-state index contributed by atoms with van der Waals surface area (Å²) in [6.07, 6.45) is -1.02. The second kappa shape index (κ2) is 12.5. The summed E-state index contributed by atoms with van der Waals surface area (Å²) in [7, 11) is 1.49. The number of esters is 1. The maximum absolute atomic E-state index is 12.2. The van der Waals surface area contributed by atoms with Crippen molar-refractivity contribution in [2.75, 3.05) is 20.3 Å². The van der Waals surface area contributed by atoms with E-state index in [1.54, 1.807) is 13.0 Å². The monoisotopic (exact) mass is 447 g/mol. The topological polar surface area (TPSA) is 115 Å². The Morgan fingerprint density at radius 2 is 1.74 bits per heavy atom. The molecule has 2 aromatic carbocycles. The second-order valence-electron chi connectivity index (χ2n) is 6.47. The average molecular weight is 448 g/mol. The van der Waals surface area contributed by atoms with Crippen LogP contribution < -0.4 is 20.9 Å². The molecule has 0 aromatic heterocycles. The fourth-order valence-corrected chi connectivity index (χ4v) is 2.63. The molecule has 0 fully saturated rings. The largest absolute Gasteiger partial charge is 0.481 e. The summed E-state index contributed by atoms with van der Waals surface area (Å²) < 4.78 is 15.3. The zero-order chi connectivity index (χ0) is 22.6. The van der Waals surface area contributed by atoms with Crippen LogP contribution in [0.3, 0.4) is 0 Å². The third kappa shape index (κ3) is 8.57. The predicted octanol–water partition coefficient (Wildman–Crippen LogP) is 1.60. The number of hydrogen-bond acceptors (Lipinski definition) is 7. The first-order valence-corrected chi connectivity index (χ1v) is 9.99. The highest BCUT2D eigenvalue weighted by molar-refractivity contribution is 7.80. The number of ether oxygens (including phenoxy) is 3. The summed E-state index contributed by atoms with van der Waals surface area (Å²) in [5, 5.41) is 4.32. The van der Waals surface area contributed by atoms with Crippen LogP contribution in [0.2, 0.25) is 0 Å². The molecule has 10 heteroatoms. The van der Waals surface area contributed by atoms with Gasteiger partial charge in [0.05, 0.1) is 13.0 Å². The van der Waals surface area contributed by atoms with Gasteiger partial charge in [0.25, 0.3) is 5.91 Å².